The highest BCUT2D eigenvalue weighted by atomic mass is 19.1. The Morgan fingerprint density at radius 2 is 1.50 bits per heavy atom. The van der Waals surface area contributed by atoms with Crippen LogP contribution in [-0.4, -0.2) is 12.4 Å². The number of nitrogens with zero attached hydrogens (tertiary/aromatic N) is 1. The van der Waals surface area contributed by atoms with Gasteiger partial charge in [0.25, 0.3) is 0 Å². The maximum absolute atomic E-state index is 13.8. The van der Waals surface area contributed by atoms with Gasteiger partial charge in [-0.2, -0.15) is 0 Å². The fraction of sp³-hybridized carbons (Fsp3) is 0.278. The summed E-state index contributed by atoms with van der Waals surface area (Å²) in [4.78, 5) is 1.80. The van der Waals surface area contributed by atoms with Crippen molar-refractivity contribution in [3.63, 3.8) is 0 Å². The van der Waals surface area contributed by atoms with Gasteiger partial charge >= 0.3 is 0 Å². The molecule has 2 aromatic carbocycles. The van der Waals surface area contributed by atoms with Crippen molar-refractivity contribution in [3.05, 3.63) is 64.7 Å². The van der Waals surface area contributed by atoms with Gasteiger partial charge in [-0.15, -0.1) is 0 Å². The Morgan fingerprint density at radius 1 is 1.00 bits per heavy atom. The van der Waals surface area contributed by atoms with E-state index in [9.17, 15) is 8.78 Å². The fourth-order valence-corrected chi connectivity index (χ4v) is 2.68. The van der Waals surface area contributed by atoms with Crippen molar-refractivity contribution in [1.29, 1.82) is 5.41 Å². The first kappa shape index (κ1) is 16.1. The molecule has 0 aliphatic heterocycles. The van der Waals surface area contributed by atoms with Gasteiger partial charge in [0.2, 0.25) is 0 Å². The normalized spacial score (nSPS) is 10.6. The number of halogens is 2. The maximum Gasteiger partial charge on any atom is 0.129 e. The van der Waals surface area contributed by atoms with Crippen LogP contribution < -0.4 is 4.90 Å². The smallest absolute Gasteiger partial charge is 0.129 e. The van der Waals surface area contributed by atoms with Crippen LogP contribution in [0.15, 0.2) is 36.4 Å². The molecule has 0 unspecified atom stereocenters. The SMILES string of the molecule is CCN(C(=N)Cc1c(F)cccc1F)c1c(C)cccc1C. The Kier molecular flexibility index (Phi) is 4.91. The first-order chi connectivity index (χ1) is 10.5. The molecule has 116 valence electrons. The van der Waals surface area contributed by atoms with Gasteiger partial charge in [-0.25, -0.2) is 8.78 Å². The van der Waals surface area contributed by atoms with Gasteiger partial charge in [-0.05, 0) is 44.0 Å². The fourth-order valence-electron chi connectivity index (χ4n) is 2.68. The molecule has 2 nitrogen and oxygen atoms in total. The van der Waals surface area contributed by atoms with Crippen LogP contribution in [0.5, 0.6) is 0 Å². The summed E-state index contributed by atoms with van der Waals surface area (Å²) in [6.45, 7) is 6.45. The molecule has 2 rings (SSSR count). The Balaban J connectivity index is 2.34. The predicted octanol–water partition coefficient (Wildman–Crippen LogP) is 4.63. The molecule has 0 fully saturated rings. The molecular formula is C18H20F2N2. The Hall–Kier alpha value is -2.23. The Morgan fingerprint density at radius 3 is 2.00 bits per heavy atom. The van der Waals surface area contributed by atoms with E-state index in [4.69, 9.17) is 5.41 Å². The lowest BCUT2D eigenvalue weighted by Gasteiger charge is -2.27. The summed E-state index contributed by atoms with van der Waals surface area (Å²) >= 11 is 0. The molecule has 4 heteroatoms. The van der Waals surface area contributed by atoms with Crippen molar-refractivity contribution in [2.45, 2.75) is 27.2 Å². The van der Waals surface area contributed by atoms with E-state index in [1.54, 1.807) is 4.90 Å². The number of likely N-dealkylation sites (N-methyl/N-ethyl adjacent to an activating group) is 1. The van der Waals surface area contributed by atoms with Crippen molar-refractivity contribution in [1.82, 2.24) is 0 Å². The summed E-state index contributed by atoms with van der Waals surface area (Å²) < 4.78 is 27.6. The molecule has 0 aliphatic rings. The molecule has 0 amide bonds. The summed E-state index contributed by atoms with van der Waals surface area (Å²) in [5.74, 6) is -1.03. The van der Waals surface area contributed by atoms with E-state index in [0.717, 1.165) is 16.8 Å². The van der Waals surface area contributed by atoms with Gasteiger partial charge in [-0.3, -0.25) is 5.41 Å². The van der Waals surface area contributed by atoms with Crippen LogP contribution in [0, 0.1) is 30.9 Å². The predicted molar refractivity (Wildman–Crippen MR) is 86.7 cm³/mol. The van der Waals surface area contributed by atoms with Crippen molar-refractivity contribution >= 4 is 11.5 Å². The molecule has 0 heterocycles. The number of aryl methyl sites for hydroxylation is 2. The van der Waals surface area contributed by atoms with E-state index in [2.05, 4.69) is 0 Å². The molecule has 2 aromatic rings. The van der Waals surface area contributed by atoms with Crippen LogP contribution in [0.2, 0.25) is 0 Å². The summed E-state index contributed by atoms with van der Waals surface area (Å²) in [6.07, 6.45) is -0.0693. The minimum atomic E-state index is -0.609. The van der Waals surface area contributed by atoms with E-state index < -0.39 is 11.6 Å². The van der Waals surface area contributed by atoms with Crippen LogP contribution in [0.25, 0.3) is 0 Å². The molecule has 0 aromatic heterocycles. The van der Waals surface area contributed by atoms with Gasteiger partial charge in [0, 0.05) is 24.2 Å². The third-order valence-electron chi connectivity index (χ3n) is 3.76. The lowest BCUT2D eigenvalue weighted by Crippen LogP contribution is -2.33. The monoisotopic (exact) mass is 302 g/mol. The van der Waals surface area contributed by atoms with Gasteiger partial charge < -0.3 is 4.90 Å². The van der Waals surface area contributed by atoms with Crippen molar-refractivity contribution in [2.75, 3.05) is 11.4 Å². The summed E-state index contributed by atoms with van der Waals surface area (Å²) in [5.41, 5.74) is 2.96. The van der Waals surface area contributed by atoms with Crippen LogP contribution in [0.4, 0.5) is 14.5 Å². The highest BCUT2D eigenvalue weighted by Gasteiger charge is 2.18. The van der Waals surface area contributed by atoms with E-state index in [-0.39, 0.29) is 17.8 Å². The van der Waals surface area contributed by atoms with E-state index in [1.807, 2.05) is 39.0 Å². The molecule has 0 saturated carbocycles. The maximum atomic E-state index is 13.8. The Labute approximate surface area is 129 Å². The van der Waals surface area contributed by atoms with Gasteiger partial charge in [0.1, 0.15) is 17.5 Å². The summed E-state index contributed by atoms with van der Waals surface area (Å²) in [5, 5.41) is 8.30. The zero-order valence-electron chi connectivity index (χ0n) is 13.1. The first-order valence-electron chi connectivity index (χ1n) is 7.29. The number of rotatable bonds is 4. The molecular weight excluding hydrogens is 282 g/mol. The Bertz CT molecular complexity index is 655. The van der Waals surface area contributed by atoms with Crippen LogP contribution in [0.3, 0.4) is 0 Å². The first-order valence-corrected chi connectivity index (χ1v) is 7.29. The lowest BCUT2D eigenvalue weighted by molar-refractivity contribution is 0.563. The topological polar surface area (TPSA) is 27.1 Å². The van der Waals surface area contributed by atoms with Crippen LogP contribution in [0.1, 0.15) is 23.6 Å². The zero-order chi connectivity index (χ0) is 16.3. The second kappa shape index (κ2) is 6.69. The number of anilines is 1. The van der Waals surface area contributed by atoms with Crippen LogP contribution in [-0.2, 0) is 6.42 Å². The minimum Gasteiger partial charge on any atom is -0.330 e. The largest absolute Gasteiger partial charge is 0.330 e. The van der Waals surface area contributed by atoms with Gasteiger partial charge in [0.15, 0.2) is 0 Å². The second-order valence-corrected chi connectivity index (χ2v) is 5.31. The van der Waals surface area contributed by atoms with Crippen LogP contribution >= 0.6 is 0 Å². The molecule has 22 heavy (non-hydrogen) atoms. The summed E-state index contributed by atoms with van der Waals surface area (Å²) in [7, 11) is 0. The number of benzene rings is 2. The lowest BCUT2D eigenvalue weighted by atomic mass is 10.1. The second-order valence-electron chi connectivity index (χ2n) is 5.31. The quantitative estimate of drug-likeness (QED) is 0.647. The third kappa shape index (κ3) is 3.16. The molecule has 0 aliphatic carbocycles. The highest BCUT2D eigenvalue weighted by molar-refractivity contribution is 5.98. The zero-order valence-corrected chi connectivity index (χ0v) is 13.1. The van der Waals surface area contributed by atoms with Crippen molar-refractivity contribution < 1.29 is 8.78 Å². The number of nitrogens with one attached hydrogen (secondary N) is 1. The average molecular weight is 302 g/mol. The highest BCUT2D eigenvalue weighted by Crippen LogP contribution is 2.26. The van der Waals surface area contributed by atoms with E-state index >= 15 is 0 Å². The molecule has 1 N–H and O–H groups in total. The molecule has 0 spiro atoms. The third-order valence-corrected chi connectivity index (χ3v) is 3.76. The molecule has 0 bridgehead atoms. The number of hydrogen-bond donors (Lipinski definition) is 1. The van der Waals surface area contributed by atoms with E-state index in [0.29, 0.717) is 6.54 Å². The van der Waals surface area contributed by atoms with Crippen molar-refractivity contribution in [2.24, 2.45) is 0 Å². The standard InChI is InChI=1S/C18H20F2N2/c1-4-22(18-12(2)7-5-8-13(18)3)17(21)11-14-15(19)9-6-10-16(14)20/h5-10,21H,4,11H2,1-3H3. The van der Waals surface area contributed by atoms with Crippen molar-refractivity contribution in [3.8, 4) is 0 Å². The molecule has 0 atom stereocenters. The molecule has 0 saturated heterocycles. The molecule has 0 radical (unpaired) electrons. The number of hydrogen-bond acceptors (Lipinski definition) is 1. The number of para-hydroxylation sites is 1. The average Bonchev–Trinajstić information content (AvgIpc) is 2.47. The number of amidine groups is 1. The van der Waals surface area contributed by atoms with Gasteiger partial charge in [0.05, 0.1) is 0 Å². The van der Waals surface area contributed by atoms with E-state index in [1.165, 1.54) is 18.2 Å². The minimum absolute atomic E-state index is 0.0582. The van der Waals surface area contributed by atoms with Gasteiger partial charge in [-0.1, -0.05) is 24.3 Å². The summed E-state index contributed by atoms with van der Waals surface area (Å²) in [6, 6.07) is 9.69.